The van der Waals surface area contributed by atoms with Gasteiger partial charge in [-0.2, -0.15) is 5.10 Å². The Labute approximate surface area is 89.8 Å². The molecule has 2 rings (SSSR count). The lowest BCUT2D eigenvalue weighted by molar-refractivity contribution is -0.384. The molecule has 0 aliphatic rings. The molecule has 8 nitrogen and oxygen atoms in total. The molecule has 0 aliphatic carbocycles. The predicted molar refractivity (Wildman–Crippen MR) is 55.8 cm³/mol. The van der Waals surface area contributed by atoms with Gasteiger partial charge in [0.25, 0.3) is 0 Å². The molecule has 0 aromatic carbocycles. The normalized spacial score (nSPS) is 10.1. The van der Waals surface area contributed by atoms with Crippen molar-refractivity contribution in [1.82, 2.24) is 14.8 Å². The van der Waals surface area contributed by atoms with Crippen molar-refractivity contribution < 1.29 is 4.92 Å². The fourth-order valence-corrected chi connectivity index (χ4v) is 1.23. The molecule has 2 heterocycles. The van der Waals surface area contributed by atoms with Crippen LogP contribution in [0.25, 0.3) is 5.82 Å². The number of hydrazine groups is 1. The number of hydrogen-bond donors (Lipinski definition) is 2. The van der Waals surface area contributed by atoms with Crippen LogP contribution in [0.3, 0.4) is 0 Å². The highest BCUT2D eigenvalue weighted by atomic mass is 16.6. The molecule has 0 amide bonds. The van der Waals surface area contributed by atoms with E-state index in [4.69, 9.17) is 5.84 Å². The number of pyridine rings is 1. The van der Waals surface area contributed by atoms with Crippen LogP contribution in [0.2, 0.25) is 0 Å². The molecule has 0 unspecified atom stereocenters. The second-order valence-corrected chi connectivity index (χ2v) is 2.89. The average molecular weight is 220 g/mol. The van der Waals surface area contributed by atoms with E-state index in [9.17, 15) is 10.1 Å². The molecular formula is C8H8N6O2. The summed E-state index contributed by atoms with van der Waals surface area (Å²) in [5.74, 6) is 5.63. The molecule has 82 valence electrons. The van der Waals surface area contributed by atoms with E-state index in [1.54, 1.807) is 12.3 Å². The average Bonchev–Trinajstić information content (AvgIpc) is 2.81. The Morgan fingerprint density at radius 2 is 2.31 bits per heavy atom. The first-order chi connectivity index (χ1) is 7.72. The SMILES string of the molecule is NNc1ccc([N+](=O)[O-])c(-n2cccn2)n1. The van der Waals surface area contributed by atoms with Crippen LogP contribution < -0.4 is 11.3 Å². The summed E-state index contributed by atoms with van der Waals surface area (Å²) in [6.45, 7) is 0. The van der Waals surface area contributed by atoms with Crippen molar-refractivity contribution in [1.29, 1.82) is 0 Å². The van der Waals surface area contributed by atoms with E-state index in [-0.39, 0.29) is 11.5 Å². The zero-order valence-electron chi connectivity index (χ0n) is 8.07. The molecule has 16 heavy (non-hydrogen) atoms. The van der Waals surface area contributed by atoms with Crippen LogP contribution in [0.4, 0.5) is 11.5 Å². The summed E-state index contributed by atoms with van der Waals surface area (Å²) in [6, 6.07) is 4.39. The Kier molecular flexibility index (Phi) is 2.48. The van der Waals surface area contributed by atoms with Crippen LogP contribution in [0, 0.1) is 10.1 Å². The first kappa shape index (κ1) is 10.1. The minimum atomic E-state index is -0.524. The topological polar surface area (TPSA) is 112 Å². The summed E-state index contributed by atoms with van der Waals surface area (Å²) in [7, 11) is 0. The first-order valence-electron chi connectivity index (χ1n) is 4.34. The van der Waals surface area contributed by atoms with Crippen LogP contribution >= 0.6 is 0 Å². The van der Waals surface area contributed by atoms with Crippen LogP contribution in [0.1, 0.15) is 0 Å². The third-order valence-corrected chi connectivity index (χ3v) is 1.92. The Balaban J connectivity index is 2.59. The number of rotatable bonds is 3. The summed E-state index contributed by atoms with van der Waals surface area (Å²) < 4.78 is 1.30. The highest BCUT2D eigenvalue weighted by molar-refractivity contribution is 5.52. The van der Waals surface area contributed by atoms with Gasteiger partial charge in [0.05, 0.1) is 4.92 Å². The van der Waals surface area contributed by atoms with Gasteiger partial charge in [-0.25, -0.2) is 15.5 Å². The molecule has 2 aromatic heterocycles. The molecule has 0 bridgehead atoms. The lowest BCUT2D eigenvalue weighted by Crippen LogP contribution is -2.11. The van der Waals surface area contributed by atoms with Crippen LogP contribution in [0.15, 0.2) is 30.6 Å². The van der Waals surface area contributed by atoms with Crippen LogP contribution in [0.5, 0.6) is 0 Å². The summed E-state index contributed by atoms with van der Waals surface area (Å²) in [5.41, 5.74) is 2.18. The smallest absolute Gasteiger partial charge is 0.308 e. The van der Waals surface area contributed by atoms with Gasteiger partial charge in [-0.1, -0.05) is 0 Å². The van der Waals surface area contributed by atoms with E-state index in [2.05, 4.69) is 15.5 Å². The van der Waals surface area contributed by atoms with Crippen molar-refractivity contribution in [3.63, 3.8) is 0 Å². The standard InChI is InChI=1S/C8H8N6O2/c9-12-7-3-2-6(14(15)16)8(11-7)13-5-1-4-10-13/h1-5H,9H2,(H,11,12). The molecule has 0 spiro atoms. The van der Waals surface area contributed by atoms with Gasteiger partial charge >= 0.3 is 5.69 Å². The fourth-order valence-electron chi connectivity index (χ4n) is 1.23. The second kappa shape index (κ2) is 3.95. The highest BCUT2D eigenvalue weighted by Crippen LogP contribution is 2.21. The molecule has 0 atom stereocenters. The summed E-state index contributed by atoms with van der Waals surface area (Å²) in [6.07, 6.45) is 3.07. The van der Waals surface area contributed by atoms with Gasteiger partial charge in [0.1, 0.15) is 5.82 Å². The largest absolute Gasteiger partial charge is 0.313 e. The van der Waals surface area contributed by atoms with Gasteiger partial charge in [-0.3, -0.25) is 10.1 Å². The number of aromatic nitrogens is 3. The molecule has 3 N–H and O–H groups in total. The van der Waals surface area contributed by atoms with E-state index in [0.717, 1.165) is 0 Å². The van der Waals surface area contributed by atoms with Gasteiger partial charge in [0, 0.05) is 18.5 Å². The lowest BCUT2D eigenvalue weighted by Gasteiger charge is -2.04. The third kappa shape index (κ3) is 1.68. The number of hydrogen-bond acceptors (Lipinski definition) is 6. The highest BCUT2D eigenvalue weighted by Gasteiger charge is 2.17. The zero-order chi connectivity index (χ0) is 11.5. The molecule has 0 aliphatic heterocycles. The number of nitrogens with zero attached hydrogens (tertiary/aromatic N) is 4. The maximum absolute atomic E-state index is 10.8. The maximum atomic E-state index is 10.8. The molecule has 2 aromatic rings. The number of nitrogen functional groups attached to an aromatic ring is 1. The maximum Gasteiger partial charge on any atom is 0.313 e. The number of anilines is 1. The Hall–Kier alpha value is -2.48. The van der Waals surface area contributed by atoms with Gasteiger partial charge in [-0.05, 0) is 12.1 Å². The zero-order valence-corrected chi connectivity index (χ0v) is 8.07. The second-order valence-electron chi connectivity index (χ2n) is 2.89. The lowest BCUT2D eigenvalue weighted by atomic mass is 10.4. The van der Waals surface area contributed by atoms with Gasteiger partial charge in [0.15, 0.2) is 0 Å². The Bertz CT molecular complexity index is 509. The van der Waals surface area contributed by atoms with E-state index in [1.165, 1.54) is 23.0 Å². The monoisotopic (exact) mass is 220 g/mol. The molecular weight excluding hydrogens is 212 g/mol. The molecule has 0 radical (unpaired) electrons. The van der Waals surface area contributed by atoms with Crippen molar-refractivity contribution in [2.45, 2.75) is 0 Å². The molecule has 0 fully saturated rings. The van der Waals surface area contributed by atoms with E-state index < -0.39 is 4.92 Å². The van der Waals surface area contributed by atoms with Crippen molar-refractivity contribution in [2.75, 3.05) is 5.43 Å². The quantitative estimate of drug-likeness (QED) is 0.441. The Morgan fingerprint density at radius 1 is 1.50 bits per heavy atom. The van der Waals surface area contributed by atoms with Crippen molar-refractivity contribution in [2.24, 2.45) is 5.84 Å². The predicted octanol–water partition coefficient (Wildman–Crippen LogP) is 0.461. The summed E-state index contributed by atoms with van der Waals surface area (Å²) >= 11 is 0. The van der Waals surface area contributed by atoms with E-state index in [0.29, 0.717) is 5.82 Å². The van der Waals surface area contributed by atoms with Crippen molar-refractivity contribution in [3.05, 3.63) is 40.7 Å². The number of nitro groups is 1. The van der Waals surface area contributed by atoms with Crippen LogP contribution in [-0.2, 0) is 0 Å². The van der Waals surface area contributed by atoms with Crippen LogP contribution in [-0.4, -0.2) is 19.7 Å². The Morgan fingerprint density at radius 3 is 2.88 bits per heavy atom. The van der Waals surface area contributed by atoms with E-state index >= 15 is 0 Å². The number of nitrogens with two attached hydrogens (primary N) is 1. The minimum Gasteiger partial charge on any atom is -0.308 e. The van der Waals surface area contributed by atoms with Crippen molar-refractivity contribution in [3.8, 4) is 5.82 Å². The summed E-state index contributed by atoms with van der Waals surface area (Å²) in [5, 5.41) is 14.7. The molecule has 0 saturated heterocycles. The number of nitrogens with one attached hydrogen (secondary N) is 1. The first-order valence-corrected chi connectivity index (χ1v) is 4.34. The summed E-state index contributed by atoms with van der Waals surface area (Å²) in [4.78, 5) is 14.2. The molecule has 8 heteroatoms. The third-order valence-electron chi connectivity index (χ3n) is 1.92. The van der Waals surface area contributed by atoms with Gasteiger partial charge in [-0.15, -0.1) is 0 Å². The van der Waals surface area contributed by atoms with E-state index in [1.807, 2.05) is 0 Å². The van der Waals surface area contributed by atoms with Crippen molar-refractivity contribution >= 4 is 11.5 Å². The van der Waals surface area contributed by atoms with Gasteiger partial charge < -0.3 is 5.43 Å². The fraction of sp³-hybridized carbons (Fsp3) is 0. The van der Waals surface area contributed by atoms with Gasteiger partial charge in [0.2, 0.25) is 5.82 Å². The minimum absolute atomic E-state index is 0.116. The molecule has 0 saturated carbocycles.